The summed E-state index contributed by atoms with van der Waals surface area (Å²) in [7, 11) is 0. The van der Waals surface area contributed by atoms with Gasteiger partial charge < -0.3 is 19.7 Å². The van der Waals surface area contributed by atoms with Crippen molar-refractivity contribution < 1.29 is 9.47 Å². The molecule has 30 heavy (non-hydrogen) atoms. The topological polar surface area (TPSA) is 49.3 Å². The molecule has 0 spiro atoms. The first kappa shape index (κ1) is 25.6. The zero-order valence-electron chi connectivity index (χ0n) is 18.0. The second kappa shape index (κ2) is 14.5. The molecule has 170 valence electrons. The van der Waals surface area contributed by atoms with Gasteiger partial charge in [-0.05, 0) is 37.5 Å². The molecule has 0 radical (unpaired) electrons. The van der Waals surface area contributed by atoms with Gasteiger partial charge in [-0.25, -0.2) is 0 Å². The second-order valence-electron chi connectivity index (χ2n) is 7.78. The number of guanidine groups is 1. The summed E-state index contributed by atoms with van der Waals surface area (Å²) in [5.74, 6) is 1.61. The fourth-order valence-electron chi connectivity index (χ4n) is 3.71. The Morgan fingerprint density at radius 3 is 2.67 bits per heavy atom. The molecule has 3 rings (SSSR count). The number of nitrogens with one attached hydrogen (secondary N) is 1. The quantitative estimate of drug-likeness (QED) is 0.221. The normalized spacial score (nSPS) is 20.3. The lowest BCUT2D eigenvalue weighted by Gasteiger charge is -2.36. The molecule has 0 saturated carbocycles. The van der Waals surface area contributed by atoms with E-state index in [2.05, 4.69) is 34.2 Å². The third-order valence-corrected chi connectivity index (χ3v) is 5.66. The third kappa shape index (κ3) is 8.86. The molecule has 2 aliphatic heterocycles. The van der Waals surface area contributed by atoms with Crippen LogP contribution in [0.1, 0.15) is 25.3 Å². The van der Waals surface area contributed by atoms with Gasteiger partial charge >= 0.3 is 0 Å². The molecule has 0 amide bonds. The molecule has 1 aromatic carbocycles. The van der Waals surface area contributed by atoms with Crippen LogP contribution in [0, 0.1) is 5.92 Å². The van der Waals surface area contributed by atoms with Crippen LogP contribution in [0.2, 0.25) is 5.02 Å². The van der Waals surface area contributed by atoms with Gasteiger partial charge in [0, 0.05) is 70.0 Å². The van der Waals surface area contributed by atoms with E-state index in [0.29, 0.717) is 5.92 Å². The highest BCUT2D eigenvalue weighted by Crippen LogP contribution is 2.14. The van der Waals surface area contributed by atoms with Crippen molar-refractivity contribution in [2.75, 3.05) is 65.7 Å². The van der Waals surface area contributed by atoms with E-state index in [1.807, 2.05) is 12.1 Å². The van der Waals surface area contributed by atoms with Crippen molar-refractivity contribution in [1.82, 2.24) is 15.1 Å². The van der Waals surface area contributed by atoms with E-state index < -0.39 is 0 Å². The van der Waals surface area contributed by atoms with Gasteiger partial charge in [0.15, 0.2) is 5.96 Å². The Balaban J connectivity index is 0.00000320. The minimum absolute atomic E-state index is 0. The predicted octanol–water partition coefficient (Wildman–Crippen LogP) is 3.48. The Morgan fingerprint density at radius 2 is 2.00 bits per heavy atom. The third-order valence-electron chi connectivity index (χ3n) is 5.41. The fraction of sp³-hybridized carbons (Fsp3) is 0.682. The highest BCUT2D eigenvalue weighted by molar-refractivity contribution is 14.0. The van der Waals surface area contributed by atoms with Crippen molar-refractivity contribution in [3.63, 3.8) is 0 Å². The lowest BCUT2D eigenvalue weighted by molar-refractivity contribution is 0.0892. The molecule has 2 heterocycles. The number of aliphatic imine (C=N–C) groups is 1. The maximum absolute atomic E-state index is 5.98. The standard InChI is InChI=1S/C22H35ClN4O2.HI/c1-2-24-22(25-9-3-14-28-17-20-8-15-29-18-20)27-12-10-26(11-13-27)16-19-4-6-21(23)7-5-19;/h4-7,20H,2-3,8-18H2,1H3,(H,24,25);1H. The van der Waals surface area contributed by atoms with E-state index in [1.165, 1.54) is 5.56 Å². The molecule has 8 heteroatoms. The van der Waals surface area contributed by atoms with Gasteiger partial charge in [0.05, 0.1) is 13.2 Å². The van der Waals surface area contributed by atoms with Crippen LogP contribution in [0.15, 0.2) is 29.3 Å². The summed E-state index contributed by atoms with van der Waals surface area (Å²) < 4.78 is 11.2. The van der Waals surface area contributed by atoms with Crippen LogP contribution in [0.25, 0.3) is 0 Å². The van der Waals surface area contributed by atoms with Gasteiger partial charge in [0.25, 0.3) is 0 Å². The summed E-state index contributed by atoms with van der Waals surface area (Å²) in [4.78, 5) is 9.68. The first-order chi connectivity index (χ1) is 14.2. The zero-order chi connectivity index (χ0) is 20.3. The molecule has 0 aromatic heterocycles. The number of halogens is 2. The molecule has 0 bridgehead atoms. The van der Waals surface area contributed by atoms with Gasteiger partial charge in [-0.1, -0.05) is 23.7 Å². The Kier molecular flexibility index (Phi) is 12.4. The first-order valence-electron chi connectivity index (χ1n) is 10.9. The van der Waals surface area contributed by atoms with Crippen molar-refractivity contribution in [2.24, 2.45) is 10.9 Å². The predicted molar refractivity (Wildman–Crippen MR) is 134 cm³/mol. The van der Waals surface area contributed by atoms with E-state index in [0.717, 1.165) is 96.1 Å². The number of ether oxygens (including phenoxy) is 2. The van der Waals surface area contributed by atoms with Crippen molar-refractivity contribution in [3.8, 4) is 0 Å². The Hall–Kier alpha value is -0.610. The molecular weight excluding hydrogens is 515 g/mol. The van der Waals surface area contributed by atoms with Crippen LogP contribution in [-0.4, -0.2) is 81.5 Å². The van der Waals surface area contributed by atoms with E-state index >= 15 is 0 Å². The molecule has 1 N–H and O–H groups in total. The monoisotopic (exact) mass is 550 g/mol. The molecule has 1 atom stereocenters. The molecule has 2 aliphatic rings. The summed E-state index contributed by atoms with van der Waals surface area (Å²) in [5.41, 5.74) is 1.31. The smallest absolute Gasteiger partial charge is 0.194 e. The summed E-state index contributed by atoms with van der Waals surface area (Å²) in [6.45, 7) is 12.2. The number of hydrogen-bond acceptors (Lipinski definition) is 4. The average molecular weight is 551 g/mol. The Labute approximate surface area is 203 Å². The maximum atomic E-state index is 5.98. The minimum Gasteiger partial charge on any atom is -0.381 e. The van der Waals surface area contributed by atoms with Crippen molar-refractivity contribution in [3.05, 3.63) is 34.9 Å². The minimum atomic E-state index is 0. The highest BCUT2D eigenvalue weighted by Gasteiger charge is 2.19. The number of rotatable bonds is 9. The molecule has 6 nitrogen and oxygen atoms in total. The number of nitrogens with zero attached hydrogens (tertiary/aromatic N) is 3. The van der Waals surface area contributed by atoms with Crippen LogP contribution in [0.5, 0.6) is 0 Å². The van der Waals surface area contributed by atoms with Gasteiger partial charge in [0.1, 0.15) is 0 Å². The van der Waals surface area contributed by atoms with E-state index in [1.54, 1.807) is 0 Å². The van der Waals surface area contributed by atoms with Crippen molar-refractivity contribution in [2.45, 2.75) is 26.3 Å². The first-order valence-corrected chi connectivity index (χ1v) is 11.3. The molecule has 0 aliphatic carbocycles. The van der Waals surface area contributed by atoms with Crippen LogP contribution in [0.4, 0.5) is 0 Å². The number of hydrogen-bond donors (Lipinski definition) is 1. The molecule has 2 saturated heterocycles. The van der Waals surface area contributed by atoms with Gasteiger partial charge in [-0.3, -0.25) is 9.89 Å². The van der Waals surface area contributed by atoms with Crippen LogP contribution in [0.3, 0.4) is 0 Å². The Morgan fingerprint density at radius 1 is 1.23 bits per heavy atom. The lowest BCUT2D eigenvalue weighted by atomic mass is 10.1. The number of benzene rings is 1. The lowest BCUT2D eigenvalue weighted by Crippen LogP contribution is -2.52. The van der Waals surface area contributed by atoms with Gasteiger partial charge in [-0.2, -0.15) is 0 Å². The van der Waals surface area contributed by atoms with E-state index in [9.17, 15) is 0 Å². The largest absolute Gasteiger partial charge is 0.381 e. The summed E-state index contributed by atoms with van der Waals surface area (Å²) in [6.07, 6.45) is 2.09. The van der Waals surface area contributed by atoms with Gasteiger partial charge in [0.2, 0.25) is 0 Å². The molecule has 2 fully saturated rings. The van der Waals surface area contributed by atoms with E-state index in [-0.39, 0.29) is 24.0 Å². The molecule has 1 unspecified atom stereocenters. The summed E-state index contributed by atoms with van der Waals surface area (Å²) >= 11 is 5.98. The molecular formula is C22H36ClIN4O2. The summed E-state index contributed by atoms with van der Waals surface area (Å²) in [5, 5.41) is 4.24. The van der Waals surface area contributed by atoms with Crippen LogP contribution < -0.4 is 5.32 Å². The second-order valence-corrected chi connectivity index (χ2v) is 8.22. The number of piperazine rings is 1. The fourth-order valence-corrected chi connectivity index (χ4v) is 3.83. The molecule has 1 aromatic rings. The SMILES string of the molecule is CCNC(=NCCCOCC1CCOC1)N1CCN(Cc2ccc(Cl)cc2)CC1.I. The van der Waals surface area contributed by atoms with Crippen LogP contribution >= 0.6 is 35.6 Å². The van der Waals surface area contributed by atoms with E-state index in [4.69, 9.17) is 26.1 Å². The maximum Gasteiger partial charge on any atom is 0.194 e. The van der Waals surface area contributed by atoms with Crippen molar-refractivity contribution >= 4 is 41.5 Å². The average Bonchev–Trinajstić information content (AvgIpc) is 3.26. The van der Waals surface area contributed by atoms with Crippen molar-refractivity contribution in [1.29, 1.82) is 0 Å². The van der Waals surface area contributed by atoms with Gasteiger partial charge in [-0.15, -0.1) is 24.0 Å². The summed E-state index contributed by atoms with van der Waals surface area (Å²) in [6, 6.07) is 8.16. The van der Waals surface area contributed by atoms with Crippen LogP contribution in [-0.2, 0) is 16.0 Å². The Bertz CT molecular complexity index is 618. The highest BCUT2D eigenvalue weighted by atomic mass is 127. The zero-order valence-corrected chi connectivity index (χ0v) is 21.1.